The molecule has 1 saturated heterocycles. The van der Waals surface area contributed by atoms with Gasteiger partial charge in [0.1, 0.15) is 18.9 Å². The molecule has 3 atom stereocenters. The number of aromatic nitrogens is 2. The summed E-state index contributed by atoms with van der Waals surface area (Å²) in [5.74, 6) is -1.34. The van der Waals surface area contributed by atoms with Crippen LogP contribution in [0.25, 0.3) is 0 Å². The van der Waals surface area contributed by atoms with Gasteiger partial charge in [-0.2, -0.15) is 0 Å². The maximum Gasteiger partial charge on any atom is 0.338 e. The van der Waals surface area contributed by atoms with Gasteiger partial charge < -0.3 is 14.2 Å². The van der Waals surface area contributed by atoms with E-state index in [0.717, 1.165) is 0 Å². The highest BCUT2D eigenvalue weighted by molar-refractivity contribution is 5.89. The zero-order valence-electron chi connectivity index (χ0n) is 17.6. The highest BCUT2D eigenvalue weighted by Gasteiger charge is 2.38. The van der Waals surface area contributed by atoms with E-state index in [2.05, 4.69) is 4.98 Å². The smallest absolute Gasteiger partial charge is 0.338 e. The quantitative estimate of drug-likeness (QED) is 0.548. The number of hydrogen-bond donors (Lipinski definition) is 1. The number of benzene rings is 2. The molecule has 0 amide bonds. The summed E-state index contributed by atoms with van der Waals surface area (Å²) in [6, 6.07) is 18.3. The molecule has 9 nitrogen and oxygen atoms in total. The van der Waals surface area contributed by atoms with Gasteiger partial charge in [-0.3, -0.25) is 14.3 Å². The number of rotatable bonds is 7. The SMILES string of the molecule is O=C(OCC1CC(n2ccc(=O)[nH]c2=O)OC1COC(=O)c1ccccc1)c1ccccc1. The number of aromatic amines is 1. The molecule has 0 radical (unpaired) electrons. The van der Waals surface area contributed by atoms with Gasteiger partial charge in [0, 0.05) is 24.6 Å². The van der Waals surface area contributed by atoms with Crippen LogP contribution in [0.1, 0.15) is 33.4 Å². The number of hydrogen-bond acceptors (Lipinski definition) is 7. The minimum absolute atomic E-state index is 0.00981. The Morgan fingerprint density at radius 3 is 2.03 bits per heavy atom. The number of nitrogens with one attached hydrogen (secondary N) is 1. The Bertz CT molecular complexity index is 1160. The van der Waals surface area contributed by atoms with Crippen molar-refractivity contribution in [1.29, 1.82) is 0 Å². The summed E-state index contributed by atoms with van der Waals surface area (Å²) < 4.78 is 18.1. The molecule has 0 spiro atoms. The minimum atomic E-state index is -0.713. The summed E-state index contributed by atoms with van der Waals surface area (Å²) in [5.41, 5.74) is -0.321. The van der Waals surface area contributed by atoms with Crippen LogP contribution in [0.3, 0.4) is 0 Å². The molecule has 33 heavy (non-hydrogen) atoms. The highest BCUT2D eigenvalue weighted by atomic mass is 16.6. The van der Waals surface area contributed by atoms with E-state index in [1.54, 1.807) is 60.7 Å². The standard InChI is InChI=1S/C24H22N2O7/c27-20-11-12-26(24(30)25-20)21-13-18(14-31-22(28)16-7-3-1-4-8-16)19(33-21)15-32-23(29)17-9-5-2-6-10-17/h1-12,18-19,21H,13-15H2,(H,25,27,30). The molecule has 0 saturated carbocycles. The lowest BCUT2D eigenvalue weighted by molar-refractivity contribution is -0.0463. The largest absolute Gasteiger partial charge is 0.462 e. The fourth-order valence-corrected chi connectivity index (χ4v) is 3.62. The number of H-pyrrole nitrogens is 1. The highest BCUT2D eigenvalue weighted by Crippen LogP contribution is 2.33. The molecular weight excluding hydrogens is 428 g/mol. The Morgan fingerprint density at radius 1 is 0.879 bits per heavy atom. The lowest BCUT2D eigenvalue weighted by atomic mass is 10.0. The van der Waals surface area contributed by atoms with Crippen LogP contribution in [-0.2, 0) is 14.2 Å². The van der Waals surface area contributed by atoms with Crippen LogP contribution in [0.15, 0.2) is 82.5 Å². The maximum atomic E-state index is 12.4. The summed E-state index contributed by atoms with van der Waals surface area (Å²) >= 11 is 0. The van der Waals surface area contributed by atoms with Crippen molar-refractivity contribution >= 4 is 11.9 Å². The first-order chi connectivity index (χ1) is 16.0. The minimum Gasteiger partial charge on any atom is -0.462 e. The first-order valence-electron chi connectivity index (χ1n) is 10.4. The molecule has 2 aromatic carbocycles. The van der Waals surface area contributed by atoms with Gasteiger partial charge in [-0.05, 0) is 24.3 Å². The second kappa shape index (κ2) is 10.1. The zero-order chi connectivity index (χ0) is 23.2. The van der Waals surface area contributed by atoms with Gasteiger partial charge in [-0.25, -0.2) is 14.4 Å². The van der Waals surface area contributed by atoms with Crippen molar-refractivity contribution in [2.75, 3.05) is 13.2 Å². The molecule has 1 fully saturated rings. The molecule has 1 aliphatic heterocycles. The van der Waals surface area contributed by atoms with Crippen LogP contribution in [0, 0.1) is 5.92 Å². The summed E-state index contributed by atoms with van der Waals surface area (Å²) in [6.45, 7) is -0.0776. The lowest BCUT2D eigenvalue weighted by Crippen LogP contribution is -2.32. The van der Waals surface area contributed by atoms with Gasteiger partial charge in [-0.1, -0.05) is 36.4 Å². The summed E-state index contributed by atoms with van der Waals surface area (Å²) in [4.78, 5) is 50.5. The Labute approximate surface area is 188 Å². The molecular formula is C24H22N2O7. The van der Waals surface area contributed by atoms with E-state index in [9.17, 15) is 19.2 Å². The number of ether oxygens (including phenoxy) is 3. The van der Waals surface area contributed by atoms with Crippen LogP contribution in [0.5, 0.6) is 0 Å². The van der Waals surface area contributed by atoms with Crippen molar-refractivity contribution < 1.29 is 23.8 Å². The van der Waals surface area contributed by atoms with Gasteiger partial charge in [0.05, 0.1) is 17.7 Å². The predicted molar refractivity (Wildman–Crippen MR) is 117 cm³/mol. The summed E-state index contributed by atoms with van der Waals surface area (Å²) in [7, 11) is 0. The van der Waals surface area contributed by atoms with Gasteiger partial charge in [0.15, 0.2) is 0 Å². The third-order valence-electron chi connectivity index (χ3n) is 5.35. The number of esters is 2. The molecule has 170 valence electrons. The summed E-state index contributed by atoms with van der Waals surface area (Å²) in [5, 5.41) is 0. The Balaban J connectivity index is 1.46. The van der Waals surface area contributed by atoms with Crippen molar-refractivity contribution in [2.45, 2.75) is 18.8 Å². The third-order valence-corrected chi connectivity index (χ3v) is 5.35. The van der Waals surface area contributed by atoms with E-state index in [1.165, 1.54) is 16.8 Å². The van der Waals surface area contributed by atoms with Gasteiger partial charge in [0.25, 0.3) is 5.56 Å². The molecule has 1 aromatic heterocycles. The number of carbonyl (C=O) groups excluding carboxylic acids is 2. The van der Waals surface area contributed by atoms with Crippen LogP contribution in [-0.4, -0.2) is 40.8 Å². The average molecular weight is 450 g/mol. The van der Waals surface area contributed by atoms with Crippen LogP contribution in [0.4, 0.5) is 0 Å². The van der Waals surface area contributed by atoms with Crippen molar-refractivity contribution in [2.24, 2.45) is 5.92 Å². The van der Waals surface area contributed by atoms with Crippen LogP contribution >= 0.6 is 0 Å². The van der Waals surface area contributed by atoms with Crippen molar-refractivity contribution in [3.63, 3.8) is 0 Å². The normalized spacial score (nSPS) is 19.7. The topological polar surface area (TPSA) is 117 Å². The van der Waals surface area contributed by atoms with Crippen molar-refractivity contribution in [3.05, 3.63) is 105 Å². The Morgan fingerprint density at radius 2 is 1.45 bits per heavy atom. The Hall–Kier alpha value is -3.98. The lowest BCUT2D eigenvalue weighted by Gasteiger charge is -2.18. The van der Waals surface area contributed by atoms with Gasteiger partial charge >= 0.3 is 17.6 Å². The van der Waals surface area contributed by atoms with Gasteiger partial charge in [0.2, 0.25) is 0 Å². The van der Waals surface area contributed by atoms with Crippen LogP contribution < -0.4 is 11.2 Å². The van der Waals surface area contributed by atoms with Gasteiger partial charge in [-0.15, -0.1) is 0 Å². The van der Waals surface area contributed by atoms with E-state index in [-0.39, 0.29) is 19.1 Å². The van der Waals surface area contributed by atoms with Crippen molar-refractivity contribution in [1.82, 2.24) is 9.55 Å². The van der Waals surface area contributed by atoms with E-state index in [4.69, 9.17) is 14.2 Å². The monoisotopic (exact) mass is 450 g/mol. The molecule has 9 heteroatoms. The number of nitrogens with zero attached hydrogens (tertiary/aromatic N) is 1. The molecule has 1 N–H and O–H groups in total. The first kappa shape index (κ1) is 22.2. The van der Waals surface area contributed by atoms with Crippen molar-refractivity contribution in [3.8, 4) is 0 Å². The molecule has 2 heterocycles. The molecule has 0 aliphatic carbocycles. The molecule has 3 aromatic rings. The first-order valence-corrected chi connectivity index (χ1v) is 10.4. The molecule has 3 unspecified atom stereocenters. The van der Waals surface area contributed by atoms with Crippen LogP contribution in [0.2, 0.25) is 0 Å². The molecule has 4 rings (SSSR count). The maximum absolute atomic E-state index is 12.4. The molecule has 0 bridgehead atoms. The van der Waals surface area contributed by atoms with E-state index in [0.29, 0.717) is 17.5 Å². The zero-order valence-corrected chi connectivity index (χ0v) is 17.6. The second-order valence-electron chi connectivity index (χ2n) is 7.57. The summed E-state index contributed by atoms with van der Waals surface area (Å²) in [6.07, 6.45) is 0.332. The number of carbonyl (C=O) groups is 2. The van der Waals surface area contributed by atoms with E-state index in [1.807, 2.05) is 0 Å². The average Bonchev–Trinajstić information content (AvgIpc) is 3.24. The predicted octanol–water partition coefficient (Wildman–Crippen LogP) is 2.15. The van der Waals surface area contributed by atoms with E-state index < -0.39 is 35.5 Å². The fraction of sp³-hybridized carbons (Fsp3) is 0.250. The third kappa shape index (κ3) is 5.45. The van der Waals surface area contributed by atoms with E-state index >= 15 is 0 Å². The Kier molecular flexibility index (Phi) is 6.80. The fourth-order valence-electron chi connectivity index (χ4n) is 3.62. The second-order valence-corrected chi connectivity index (χ2v) is 7.57. The molecule has 1 aliphatic rings.